The van der Waals surface area contributed by atoms with E-state index in [9.17, 15) is 14.7 Å². The predicted octanol–water partition coefficient (Wildman–Crippen LogP) is 6.08. The minimum Gasteiger partial charge on any atom is -0.504 e. The molecule has 1 fully saturated rings. The quantitative estimate of drug-likeness (QED) is 0.228. The van der Waals surface area contributed by atoms with E-state index in [1.54, 1.807) is 12.1 Å². The van der Waals surface area contributed by atoms with Crippen LogP contribution >= 0.6 is 21.6 Å². The van der Waals surface area contributed by atoms with Crippen molar-refractivity contribution < 1.29 is 24.3 Å². The van der Waals surface area contributed by atoms with Gasteiger partial charge in [0.05, 0.1) is 25.0 Å². The highest BCUT2D eigenvalue weighted by Crippen LogP contribution is 2.52. The second-order valence-corrected chi connectivity index (χ2v) is 15.8. The highest BCUT2D eigenvalue weighted by Gasteiger charge is 2.50. The minimum absolute atomic E-state index is 0.00945. The fraction of sp³-hybridized carbons (Fsp3) is 0.528. The SMILES string of the molecule is CCC1CCC(=O)CC(=O)C2=Cc3cc(OC)c(O)cc3C(CC2)c2cnc(N)c(c2)C(C2([NH+]3C=CNC3)CCCCC2)SSC1. The van der Waals surface area contributed by atoms with Gasteiger partial charge in [-0.2, -0.15) is 0 Å². The number of aromatic nitrogens is 1. The first kappa shape index (κ1) is 33.0. The van der Waals surface area contributed by atoms with Crippen LogP contribution in [0.15, 0.2) is 42.4 Å². The Hall–Kier alpha value is -2.95. The Kier molecular flexibility index (Phi) is 10.3. The lowest BCUT2D eigenvalue weighted by atomic mass is 9.75. The second-order valence-electron chi connectivity index (χ2n) is 13.3. The monoisotopic (exact) mass is 663 g/mol. The van der Waals surface area contributed by atoms with Gasteiger partial charge in [-0.25, -0.2) is 4.98 Å². The zero-order chi connectivity index (χ0) is 32.3. The van der Waals surface area contributed by atoms with Gasteiger partial charge in [0.1, 0.15) is 23.3 Å². The molecule has 10 heteroatoms. The van der Waals surface area contributed by atoms with E-state index in [4.69, 9.17) is 15.5 Å². The summed E-state index contributed by atoms with van der Waals surface area (Å²) >= 11 is 0. The van der Waals surface area contributed by atoms with E-state index in [0.29, 0.717) is 42.3 Å². The number of ether oxygens (including phenoxy) is 1. The van der Waals surface area contributed by atoms with E-state index in [0.717, 1.165) is 60.4 Å². The van der Waals surface area contributed by atoms with Gasteiger partial charge in [-0.05, 0) is 84.6 Å². The smallest absolute Gasteiger partial charge is 0.166 e. The lowest BCUT2D eigenvalue weighted by Gasteiger charge is -2.45. The molecule has 2 aliphatic heterocycles. The molecule has 0 amide bonds. The number of phenols is 1. The largest absolute Gasteiger partial charge is 0.504 e. The van der Waals surface area contributed by atoms with E-state index in [-0.39, 0.29) is 40.4 Å². The molecule has 0 spiro atoms. The molecule has 8 nitrogen and oxygen atoms in total. The van der Waals surface area contributed by atoms with Crippen molar-refractivity contribution in [3.63, 3.8) is 0 Å². The fourth-order valence-electron chi connectivity index (χ4n) is 7.84. The van der Waals surface area contributed by atoms with Gasteiger partial charge in [0, 0.05) is 42.7 Å². The minimum atomic E-state index is -0.127. The van der Waals surface area contributed by atoms with Crippen LogP contribution in [-0.2, 0) is 9.59 Å². The fourth-order valence-corrected chi connectivity index (χ4v) is 11.6. The molecule has 0 radical (unpaired) electrons. The van der Waals surface area contributed by atoms with Gasteiger partial charge < -0.3 is 20.9 Å². The number of allylic oxidation sites excluding steroid dienone is 1. The van der Waals surface area contributed by atoms with Crippen LogP contribution in [0.5, 0.6) is 11.5 Å². The second kappa shape index (κ2) is 14.4. The Morgan fingerprint density at radius 1 is 1.13 bits per heavy atom. The number of aromatic hydroxyl groups is 1. The van der Waals surface area contributed by atoms with Gasteiger partial charge in [-0.15, -0.1) is 0 Å². The van der Waals surface area contributed by atoms with E-state index in [1.165, 1.54) is 31.3 Å². The Labute approximate surface area is 280 Å². The van der Waals surface area contributed by atoms with Gasteiger partial charge in [-0.3, -0.25) is 14.5 Å². The Balaban J connectivity index is 1.50. The number of nitrogens with two attached hydrogens (primary N) is 1. The highest BCUT2D eigenvalue weighted by molar-refractivity contribution is 8.76. The van der Waals surface area contributed by atoms with Crippen molar-refractivity contribution in [3.05, 3.63) is 64.6 Å². The maximum absolute atomic E-state index is 13.5. The van der Waals surface area contributed by atoms with Crippen LogP contribution in [0, 0.1) is 5.92 Å². The normalized spacial score (nSPS) is 26.9. The first-order valence-electron chi connectivity index (χ1n) is 16.8. The third-order valence-corrected chi connectivity index (χ3v) is 13.7. The topological polar surface area (TPSA) is 119 Å². The van der Waals surface area contributed by atoms with Crippen LogP contribution in [0.1, 0.15) is 111 Å². The van der Waals surface area contributed by atoms with E-state index in [2.05, 4.69) is 30.7 Å². The molecule has 4 bridgehead atoms. The molecular weight excluding hydrogens is 617 g/mol. The standard InChI is InChI=1S/C36H46N4O4S2/c1-3-23-7-9-27(41)18-31(42)24-8-10-28(29-19-32(43)33(44-2)17-25(29)15-24)26-16-30(35(37)39-20-26)34(46-45-21-23)36(11-5-4-6-12-36)40-14-13-38-22-40/h13-17,19-20,23,28,34,38,43H,3-12,18,21-22H2,1-2H3,(H2,37,39)/p+1. The number of hydrogen-bond donors (Lipinski definition) is 4. The number of fused-ring (bicyclic) bond motifs is 8. The average molecular weight is 664 g/mol. The predicted molar refractivity (Wildman–Crippen MR) is 187 cm³/mol. The molecule has 1 saturated carbocycles. The summed E-state index contributed by atoms with van der Waals surface area (Å²) < 4.78 is 5.47. The summed E-state index contributed by atoms with van der Waals surface area (Å²) in [6.45, 7) is 3.05. The zero-order valence-corrected chi connectivity index (χ0v) is 28.6. The number of anilines is 1. The molecule has 1 aromatic carbocycles. The van der Waals surface area contributed by atoms with E-state index < -0.39 is 0 Å². The van der Waals surface area contributed by atoms with Crippen molar-refractivity contribution in [3.8, 4) is 11.5 Å². The summed E-state index contributed by atoms with van der Waals surface area (Å²) in [5.74, 6) is 2.08. The Bertz CT molecular complexity index is 1520. The number of ketones is 2. The molecule has 6 rings (SSSR count). The molecule has 1 aromatic heterocycles. The van der Waals surface area contributed by atoms with Crippen molar-refractivity contribution in [1.82, 2.24) is 10.3 Å². The summed E-state index contributed by atoms with van der Waals surface area (Å²) in [6, 6.07) is 5.84. The third-order valence-electron chi connectivity index (χ3n) is 10.6. The van der Waals surface area contributed by atoms with Crippen molar-refractivity contribution in [2.75, 3.05) is 25.3 Å². The summed E-state index contributed by atoms with van der Waals surface area (Å²) in [7, 11) is 5.36. The number of phenolic OH excluding ortho intramolecular Hbond substituents is 1. The summed E-state index contributed by atoms with van der Waals surface area (Å²) in [5.41, 5.74) is 11.3. The van der Waals surface area contributed by atoms with Gasteiger partial charge in [0.25, 0.3) is 0 Å². The summed E-state index contributed by atoms with van der Waals surface area (Å²) in [6.07, 6.45) is 17.3. The number of hydrogen-bond acceptors (Lipinski definition) is 9. The zero-order valence-electron chi connectivity index (χ0n) is 27.0. The number of quaternary nitrogens is 1. The molecule has 5 N–H and O–H groups in total. The van der Waals surface area contributed by atoms with Crippen LogP contribution < -0.4 is 20.7 Å². The van der Waals surface area contributed by atoms with Crippen molar-refractivity contribution in [2.45, 2.75) is 94.3 Å². The third kappa shape index (κ3) is 6.71. The molecule has 46 heavy (non-hydrogen) atoms. The molecule has 2 aliphatic carbocycles. The molecule has 2 aromatic rings. The van der Waals surface area contributed by atoms with Gasteiger partial charge in [0.15, 0.2) is 24.0 Å². The van der Waals surface area contributed by atoms with E-state index in [1.807, 2.05) is 33.9 Å². The average Bonchev–Trinajstić information content (AvgIpc) is 3.55. The van der Waals surface area contributed by atoms with Crippen LogP contribution in [0.4, 0.5) is 5.82 Å². The van der Waals surface area contributed by atoms with Gasteiger partial charge in [0.2, 0.25) is 0 Å². The number of nitrogen functional groups attached to an aromatic ring is 1. The van der Waals surface area contributed by atoms with Gasteiger partial charge >= 0.3 is 0 Å². The molecule has 4 aliphatic rings. The number of pyridine rings is 1. The lowest BCUT2D eigenvalue weighted by Crippen LogP contribution is -3.17. The van der Waals surface area contributed by atoms with E-state index >= 15 is 0 Å². The molecular formula is C36H47N4O4S2+. The summed E-state index contributed by atoms with van der Waals surface area (Å²) in [4.78, 5) is 33.0. The number of nitrogens with one attached hydrogen (secondary N) is 2. The maximum Gasteiger partial charge on any atom is 0.166 e. The molecule has 4 unspecified atom stereocenters. The van der Waals surface area contributed by atoms with Gasteiger partial charge in [-0.1, -0.05) is 41.4 Å². The Morgan fingerprint density at radius 3 is 2.70 bits per heavy atom. The van der Waals surface area contributed by atoms with Crippen LogP contribution in [0.2, 0.25) is 0 Å². The maximum atomic E-state index is 13.5. The number of benzene rings is 1. The number of carbonyl (C=O) groups excluding carboxylic acids is 2. The van der Waals surface area contributed by atoms with Crippen molar-refractivity contribution >= 4 is 45.0 Å². The summed E-state index contributed by atoms with van der Waals surface area (Å²) in [5, 5.41) is 14.4. The highest BCUT2D eigenvalue weighted by atomic mass is 33.1. The molecule has 0 saturated heterocycles. The molecule has 3 heterocycles. The lowest BCUT2D eigenvalue weighted by molar-refractivity contribution is -0.903. The first-order chi connectivity index (χ1) is 22.3. The molecule has 246 valence electrons. The van der Waals surface area contributed by atoms with Crippen LogP contribution in [0.25, 0.3) is 6.08 Å². The van der Waals surface area contributed by atoms with Crippen LogP contribution in [-0.4, -0.2) is 46.7 Å². The number of methoxy groups -OCH3 is 1. The van der Waals surface area contributed by atoms with Crippen molar-refractivity contribution in [2.24, 2.45) is 5.92 Å². The first-order valence-corrected chi connectivity index (χ1v) is 19.2. The number of Topliss-reactive ketones (excluding diaryl/α,β-unsaturated/α-hetero) is 2. The van der Waals surface area contributed by atoms with Crippen molar-refractivity contribution in [1.29, 1.82) is 0 Å². The molecule has 4 atom stereocenters. The Morgan fingerprint density at radius 2 is 1.96 bits per heavy atom. The number of rotatable bonds is 4. The van der Waals surface area contributed by atoms with Crippen LogP contribution in [0.3, 0.4) is 0 Å². The number of carbonyl (C=O) groups is 2. The number of nitrogens with zero attached hydrogens (tertiary/aromatic N) is 1.